The monoisotopic (exact) mass is 347 g/mol. The quantitative estimate of drug-likeness (QED) is 0.661. The van der Waals surface area contributed by atoms with Gasteiger partial charge in [-0.25, -0.2) is 4.79 Å². The number of carbonyl (C=O) groups excluding carboxylic acids is 2. The number of rotatable bonds is 5. The highest BCUT2D eigenvalue weighted by atomic mass is 32.2. The summed E-state index contributed by atoms with van der Waals surface area (Å²) in [6, 6.07) is 8.14. The zero-order valence-electron chi connectivity index (χ0n) is 12.8. The molecule has 1 aromatic heterocycles. The fourth-order valence-electron chi connectivity index (χ4n) is 2.63. The Balaban J connectivity index is 1.58. The van der Waals surface area contributed by atoms with Crippen molar-refractivity contribution >= 4 is 40.7 Å². The SMILES string of the molecule is COC(=O)c1sccc1NC(=O)CSc1ccc2c(c1)CCC2. The van der Waals surface area contributed by atoms with Gasteiger partial charge in [0.1, 0.15) is 4.88 Å². The van der Waals surface area contributed by atoms with Crippen molar-refractivity contribution in [3.63, 3.8) is 0 Å². The van der Waals surface area contributed by atoms with Crippen molar-refractivity contribution in [2.75, 3.05) is 18.2 Å². The summed E-state index contributed by atoms with van der Waals surface area (Å²) in [7, 11) is 1.33. The Morgan fingerprint density at radius 3 is 2.91 bits per heavy atom. The summed E-state index contributed by atoms with van der Waals surface area (Å²) in [4.78, 5) is 25.2. The third-order valence-electron chi connectivity index (χ3n) is 3.75. The average Bonchev–Trinajstić information content (AvgIpc) is 3.20. The Labute approximate surface area is 143 Å². The molecule has 1 N–H and O–H groups in total. The smallest absolute Gasteiger partial charge is 0.350 e. The van der Waals surface area contributed by atoms with E-state index in [4.69, 9.17) is 4.74 Å². The van der Waals surface area contributed by atoms with Gasteiger partial charge in [-0.2, -0.15) is 0 Å². The van der Waals surface area contributed by atoms with E-state index in [9.17, 15) is 9.59 Å². The molecule has 6 heteroatoms. The largest absolute Gasteiger partial charge is 0.465 e. The van der Waals surface area contributed by atoms with E-state index in [0.717, 1.165) is 17.7 Å². The predicted molar refractivity (Wildman–Crippen MR) is 93.5 cm³/mol. The molecule has 1 heterocycles. The lowest BCUT2D eigenvalue weighted by atomic mass is 10.1. The Hall–Kier alpha value is -1.79. The van der Waals surface area contributed by atoms with Gasteiger partial charge in [0.2, 0.25) is 5.91 Å². The molecular formula is C17H17NO3S2. The van der Waals surface area contributed by atoms with Gasteiger partial charge >= 0.3 is 5.97 Å². The number of esters is 1. The zero-order valence-corrected chi connectivity index (χ0v) is 14.4. The molecule has 0 aliphatic heterocycles. The maximum Gasteiger partial charge on any atom is 0.350 e. The van der Waals surface area contributed by atoms with Crippen molar-refractivity contribution in [3.8, 4) is 0 Å². The topological polar surface area (TPSA) is 55.4 Å². The molecule has 0 saturated heterocycles. The molecule has 0 radical (unpaired) electrons. The van der Waals surface area contributed by atoms with Crippen LogP contribution in [0.1, 0.15) is 27.2 Å². The lowest BCUT2D eigenvalue weighted by Crippen LogP contribution is -2.15. The Kier molecular flexibility index (Phi) is 5.03. The molecule has 3 rings (SSSR count). The Bertz CT molecular complexity index is 739. The minimum Gasteiger partial charge on any atom is -0.465 e. The first-order valence-corrected chi connectivity index (χ1v) is 9.24. The number of ether oxygens (including phenoxy) is 1. The van der Waals surface area contributed by atoms with Crippen molar-refractivity contribution in [1.82, 2.24) is 0 Å². The van der Waals surface area contributed by atoms with Crippen LogP contribution in [0, 0.1) is 0 Å². The molecule has 1 amide bonds. The number of carbonyl (C=O) groups is 2. The van der Waals surface area contributed by atoms with Crippen LogP contribution < -0.4 is 5.32 Å². The zero-order chi connectivity index (χ0) is 16.2. The first-order valence-electron chi connectivity index (χ1n) is 7.37. The van der Waals surface area contributed by atoms with Crippen LogP contribution in [0.15, 0.2) is 34.5 Å². The summed E-state index contributed by atoms with van der Waals surface area (Å²) in [6.45, 7) is 0. The maximum absolute atomic E-state index is 12.1. The Morgan fingerprint density at radius 2 is 2.09 bits per heavy atom. The van der Waals surface area contributed by atoms with Crippen LogP contribution in [0.25, 0.3) is 0 Å². The highest BCUT2D eigenvalue weighted by molar-refractivity contribution is 8.00. The van der Waals surface area contributed by atoms with Crippen molar-refractivity contribution < 1.29 is 14.3 Å². The van der Waals surface area contributed by atoms with Gasteiger partial charge in [0.15, 0.2) is 0 Å². The minimum absolute atomic E-state index is 0.126. The van der Waals surface area contributed by atoms with Crippen molar-refractivity contribution in [2.24, 2.45) is 0 Å². The van der Waals surface area contributed by atoms with E-state index < -0.39 is 5.97 Å². The van der Waals surface area contributed by atoms with Crippen LogP contribution in [0.2, 0.25) is 0 Å². The van der Waals surface area contributed by atoms with Gasteiger partial charge in [-0.15, -0.1) is 23.1 Å². The first kappa shape index (κ1) is 16.1. The van der Waals surface area contributed by atoms with Gasteiger partial charge in [-0.3, -0.25) is 4.79 Å². The summed E-state index contributed by atoms with van der Waals surface area (Å²) in [5.41, 5.74) is 3.35. The van der Waals surface area contributed by atoms with E-state index in [-0.39, 0.29) is 5.91 Å². The maximum atomic E-state index is 12.1. The molecule has 0 saturated carbocycles. The second kappa shape index (κ2) is 7.19. The van der Waals surface area contributed by atoms with E-state index in [2.05, 4.69) is 23.5 Å². The number of amides is 1. The number of thioether (sulfide) groups is 1. The molecular weight excluding hydrogens is 330 g/mol. The third-order valence-corrected chi connectivity index (χ3v) is 5.64. The number of hydrogen-bond acceptors (Lipinski definition) is 5. The number of benzene rings is 1. The van der Waals surface area contributed by atoms with Crippen LogP contribution >= 0.6 is 23.1 Å². The molecule has 23 heavy (non-hydrogen) atoms. The van der Waals surface area contributed by atoms with E-state index in [0.29, 0.717) is 16.3 Å². The molecule has 4 nitrogen and oxygen atoms in total. The molecule has 1 aromatic carbocycles. The van der Waals surface area contributed by atoms with Crippen LogP contribution in [0.4, 0.5) is 5.69 Å². The Morgan fingerprint density at radius 1 is 1.26 bits per heavy atom. The molecule has 120 valence electrons. The lowest BCUT2D eigenvalue weighted by molar-refractivity contribution is -0.113. The normalized spacial score (nSPS) is 12.7. The van der Waals surface area contributed by atoms with Gasteiger partial charge in [0.25, 0.3) is 0 Å². The number of methoxy groups -OCH3 is 1. The van der Waals surface area contributed by atoms with Gasteiger partial charge in [-0.05, 0) is 54.0 Å². The molecule has 2 aromatic rings. The molecule has 0 spiro atoms. The summed E-state index contributed by atoms with van der Waals surface area (Å²) >= 11 is 2.77. The number of thiophene rings is 1. The number of fused-ring (bicyclic) bond motifs is 1. The number of aryl methyl sites for hydroxylation is 2. The highest BCUT2D eigenvalue weighted by Crippen LogP contribution is 2.28. The highest BCUT2D eigenvalue weighted by Gasteiger charge is 2.16. The molecule has 0 fully saturated rings. The first-order chi connectivity index (χ1) is 11.2. The molecule has 0 atom stereocenters. The number of anilines is 1. The number of nitrogens with one attached hydrogen (secondary N) is 1. The van der Waals surface area contributed by atoms with Crippen LogP contribution in [-0.2, 0) is 22.4 Å². The fourth-order valence-corrected chi connectivity index (χ4v) is 4.16. The summed E-state index contributed by atoms with van der Waals surface area (Å²) in [5.74, 6) is -0.240. The van der Waals surface area contributed by atoms with Crippen molar-refractivity contribution in [2.45, 2.75) is 24.2 Å². The number of hydrogen-bond donors (Lipinski definition) is 1. The van der Waals surface area contributed by atoms with Crippen molar-refractivity contribution in [3.05, 3.63) is 45.6 Å². The molecule has 0 bridgehead atoms. The van der Waals surface area contributed by atoms with E-state index in [1.165, 1.54) is 47.8 Å². The molecule has 1 aliphatic rings. The van der Waals surface area contributed by atoms with Gasteiger partial charge in [-0.1, -0.05) is 6.07 Å². The van der Waals surface area contributed by atoms with Gasteiger partial charge in [0, 0.05) is 4.90 Å². The lowest BCUT2D eigenvalue weighted by Gasteiger charge is -2.07. The summed E-state index contributed by atoms with van der Waals surface area (Å²) in [6.07, 6.45) is 3.51. The molecule has 1 aliphatic carbocycles. The van der Waals surface area contributed by atoms with Gasteiger partial charge < -0.3 is 10.1 Å². The minimum atomic E-state index is -0.429. The standard InChI is InChI=1S/C17H17NO3S2/c1-21-17(20)16-14(7-8-22-16)18-15(19)10-23-13-6-5-11-3-2-4-12(11)9-13/h5-9H,2-4,10H2,1H3,(H,18,19). The fraction of sp³-hybridized carbons (Fsp3) is 0.294. The van der Waals surface area contributed by atoms with Crippen LogP contribution in [0.5, 0.6) is 0 Å². The van der Waals surface area contributed by atoms with E-state index >= 15 is 0 Å². The summed E-state index contributed by atoms with van der Waals surface area (Å²) in [5, 5.41) is 4.54. The second-order valence-corrected chi connectivity index (χ2v) is 7.24. The van der Waals surface area contributed by atoms with Crippen LogP contribution in [-0.4, -0.2) is 24.7 Å². The van der Waals surface area contributed by atoms with Crippen LogP contribution in [0.3, 0.4) is 0 Å². The van der Waals surface area contributed by atoms with Crippen molar-refractivity contribution in [1.29, 1.82) is 0 Å². The van der Waals surface area contributed by atoms with E-state index in [1.54, 1.807) is 11.4 Å². The predicted octanol–water partition coefficient (Wildman–Crippen LogP) is 3.75. The van der Waals surface area contributed by atoms with E-state index in [1.807, 2.05) is 0 Å². The summed E-state index contributed by atoms with van der Waals surface area (Å²) < 4.78 is 4.70. The van der Waals surface area contributed by atoms with Gasteiger partial charge in [0.05, 0.1) is 18.6 Å². The second-order valence-electron chi connectivity index (χ2n) is 5.28. The average molecular weight is 347 g/mol. The molecule has 0 unspecified atom stereocenters. The third kappa shape index (κ3) is 3.76.